The fourth-order valence-corrected chi connectivity index (χ4v) is 2.70. The van der Waals surface area contributed by atoms with Crippen LogP contribution in [0.3, 0.4) is 0 Å². The van der Waals surface area contributed by atoms with Crippen LogP contribution in [0, 0.1) is 13.8 Å². The van der Waals surface area contributed by atoms with Crippen molar-refractivity contribution < 1.29 is 9.88 Å². The highest BCUT2D eigenvalue weighted by atomic mass is 15.1. The van der Waals surface area contributed by atoms with E-state index < -0.39 is 0 Å². The van der Waals surface area contributed by atoms with E-state index in [1.165, 1.54) is 35.1 Å². The third kappa shape index (κ3) is 3.28. The number of benzene rings is 1. The molecule has 108 valence electrons. The first-order valence-electron chi connectivity index (χ1n) is 7.65. The third-order valence-corrected chi connectivity index (χ3v) is 4.11. The lowest BCUT2D eigenvalue weighted by atomic mass is 10.1. The average Bonchev–Trinajstić information content (AvgIpc) is 2.45. The van der Waals surface area contributed by atoms with Gasteiger partial charge in [-0.2, -0.15) is 0 Å². The second-order valence-corrected chi connectivity index (χ2v) is 5.50. The molecule has 3 nitrogen and oxygen atoms in total. The van der Waals surface area contributed by atoms with Crippen LogP contribution in [0.2, 0.25) is 0 Å². The number of aryl methyl sites for hydroxylation is 2. The first-order valence-corrected chi connectivity index (χ1v) is 7.65. The Morgan fingerprint density at radius 3 is 2.55 bits per heavy atom. The van der Waals surface area contributed by atoms with E-state index in [1.807, 2.05) is 0 Å². The predicted octanol–water partition coefficient (Wildman–Crippen LogP) is 1.61. The van der Waals surface area contributed by atoms with Crippen molar-refractivity contribution >= 4 is 16.7 Å². The lowest BCUT2D eigenvalue weighted by molar-refractivity contribution is -0.894. The van der Waals surface area contributed by atoms with Crippen LogP contribution < -0.4 is 15.2 Å². The van der Waals surface area contributed by atoms with E-state index in [-0.39, 0.29) is 0 Å². The van der Waals surface area contributed by atoms with Gasteiger partial charge in [0, 0.05) is 11.5 Å². The van der Waals surface area contributed by atoms with Gasteiger partial charge in [0.05, 0.1) is 13.1 Å². The maximum atomic E-state index is 3.53. The van der Waals surface area contributed by atoms with Crippen molar-refractivity contribution in [2.24, 2.45) is 0 Å². The Labute approximate surface area is 122 Å². The van der Waals surface area contributed by atoms with Crippen LogP contribution in [-0.4, -0.2) is 26.2 Å². The maximum absolute atomic E-state index is 3.53. The highest BCUT2D eigenvalue weighted by Crippen LogP contribution is 2.19. The Kier molecular flexibility index (Phi) is 4.96. The van der Waals surface area contributed by atoms with E-state index in [0.29, 0.717) is 0 Å². The van der Waals surface area contributed by atoms with E-state index >= 15 is 0 Å². The highest BCUT2D eigenvalue weighted by Gasteiger charge is 2.10. The van der Waals surface area contributed by atoms with Crippen molar-refractivity contribution in [3.05, 3.63) is 35.4 Å². The van der Waals surface area contributed by atoms with Gasteiger partial charge in [0.25, 0.3) is 5.82 Å². The molecule has 3 heteroatoms. The number of pyridine rings is 1. The molecule has 0 saturated heterocycles. The minimum absolute atomic E-state index is 1.00. The Morgan fingerprint density at radius 2 is 1.85 bits per heavy atom. The molecule has 20 heavy (non-hydrogen) atoms. The number of fused-ring (bicyclic) bond motifs is 1. The number of anilines is 1. The van der Waals surface area contributed by atoms with Crippen LogP contribution >= 0.6 is 0 Å². The molecule has 0 aliphatic heterocycles. The predicted molar refractivity (Wildman–Crippen MR) is 85.4 cm³/mol. The Morgan fingerprint density at radius 1 is 1.10 bits per heavy atom. The normalized spacial score (nSPS) is 11.2. The molecule has 2 aromatic rings. The maximum Gasteiger partial charge on any atom is 0.273 e. The van der Waals surface area contributed by atoms with E-state index in [1.54, 1.807) is 4.90 Å². The van der Waals surface area contributed by atoms with Gasteiger partial charge in [-0.25, -0.2) is 4.98 Å². The molecule has 1 aromatic carbocycles. The van der Waals surface area contributed by atoms with Crippen molar-refractivity contribution in [1.82, 2.24) is 0 Å². The van der Waals surface area contributed by atoms with Crippen molar-refractivity contribution in [1.29, 1.82) is 0 Å². The molecule has 0 unspecified atom stereocenters. The van der Waals surface area contributed by atoms with Gasteiger partial charge in [0.1, 0.15) is 18.6 Å². The minimum Gasteiger partial charge on any atom is -0.332 e. The van der Waals surface area contributed by atoms with Crippen LogP contribution in [0.15, 0.2) is 24.3 Å². The Balaban J connectivity index is 2.13. The van der Waals surface area contributed by atoms with Gasteiger partial charge in [0.15, 0.2) is 0 Å². The van der Waals surface area contributed by atoms with Crippen molar-refractivity contribution in [2.45, 2.75) is 27.7 Å². The average molecular weight is 273 g/mol. The van der Waals surface area contributed by atoms with E-state index in [2.05, 4.69) is 62.3 Å². The molecule has 0 saturated carbocycles. The zero-order valence-electron chi connectivity index (χ0n) is 13.1. The van der Waals surface area contributed by atoms with Gasteiger partial charge >= 0.3 is 0 Å². The summed E-state index contributed by atoms with van der Waals surface area (Å²) in [6, 6.07) is 8.66. The molecule has 0 bridgehead atoms. The molecule has 0 atom stereocenters. The zero-order chi connectivity index (χ0) is 14.5. The fourth-order valence-electron chi connectivity index (χ4n) is 2.70. The third-order valence-electron chi connectivity index (χ3n) is 4.11. The molecule has 0 radical (unpaired) electrons. The summed E-state index contributed by atoms with van der Waals surface area (Å²) in [5.41, 5.74) is 3.86. The number of H-pyrrole nitrogens is 1. The fraction of sp³-hybridized carbons (Fsp3) is 0.471. The topological polar surface area (TPSA) is 30.6 Å². The lowest BCUT2D eigenvalue weighted by Crippen LogP contribution is -3.12. The molecule has 1 aromatic heterocycles. The highest BCUT2D eigenvalue weighted by molar-refractivity contribution is 5.82. The van der Waals surface area contributed by atoms with Gasteiger partial charge in [-0.05, 0) is 38.8 Å². The number of nitrogens with one attached hydrogen (secondary N) is 3. The van der Waals surface area contributed by atoms with E-state index in [0.717, 1.165) is 18.9 Å². The summed E-state index contributed by atoms with van der Waals surface area (Å²) in [7, 11) is 0. The van der Waals surface area contributed by atoms with Crippen LogP contribution in [0.4, 0.5) is 5.82 Å². The summed E-state index contributed by atoms with van der Waals surface area (Å²) in [4.78, 5) is 5.16. The summed E-state index contributed by atoms with van der Waals surface area (Å²) in [6.07, 6.45) is 0. The van der Waals surface area contributed by atoms with Crippen LogP contribution in [-0.2, 0) is 0 Å². The molecule has 3 N–H and O–H groups in total. The monoisotopic (exact) mass is 273 g/mol. The Hall–Kier alpha value is -1.61. The molecular formula is C17H27N3+2. The summed E-state index contributed by atoms with van der Waals surface area (Å²) in [5, 5.41) is 4.84. The lowest BCUT2D eigenvalue weighted by Gasteiger charge is -2.14. The summed E-state index contributed by atoms with van der Waals surface area (Å²) in [6.45, 7) is 13.4. The van der Waals surface area contributed by atoms with Crippen molar-refractivity contribution in [3.63, 3.8) is 0 Å². The van der Waals surface area contributed by atoms with Gasteiger partial charge in [-0.3, -0.25) is 5.32 Å². The number of hydrogen-bond acceptors (Lipinski definition) is 1. The van der Waals surface area contributed by atoms with Crippen molar-refractivity contribution in [2.75, 3.05) is 31.5 Å². The van der Waals surface area contributed by atoms with Crippen LogP contribution in [0.5, 0.6) is 0 Å². The van der Waals surface area contributed by atoms with Crippen LogP contribution in [0.25, 0.3) is 10.9 Å². The molecule has 0 aliphatic carbocycles. The number of likely N-dealkylation sites (N-methyl/N-ethyl adjacent to an activating group) is 1. The van der Waals surface area contributed by atoms with Crippen LogP contribution in [0.1, 0.15) is 25.0 Å². The molecule has 1 heterocycles. The number of aromatic amines is 1. The minimum atomic E-state index is 1.00. The molecule has 0 spiro atoms. The first-order chi connectivity index (χ1) is 9.65. The zero-order valence-corrected chi connectivity index (χ0v) is 13.1. The number of aromatic nitrogens is 1. The standard InChI is InChI=1S/C17H25N3/c1-5-20(6-2)11-10-18-16-12-14(4)15-9-7-8-13(3)17(15)19-16/h7-9,12H,5-6,10-11H2,1-4H3,(H,18,19)/p+2. The largest absolute Gasteiger partial charge is 0.332 e. The second kappa shape index (κ2) is 6.71. The first kappa shape index (κ1) is 14.8. The number of rotatable bonds is 6. The summed E-state index contributed by atoms with van der Waals surface area (Å²) < 4.78 is 0. The number of para-hydroxylation sites is 1. The summed E-state index contributed by atoms with van der Waals surface area (Å²) >= 11 is 0. The molecule has 0 fully saturated rings. The van der Waals surface area contributed by atoms with Crippen molar-refractivity contribution in [3.8, 4) is 0 Å². The summed E-state index contributed by atoms with van der Waals surface area (Å²) in [5.74, 6) is 1.12. The molecular weight excluding hydrogens is 246 g/mol. The SMILES string of the molecule is CC[NH+](CC)CCNc1cc(C)c2cccc(C)c2[nH+]1. The van der Waals surface area contributed by atoms with E-state index in [9.17, 15) is 0 Å². The second-order valence-electron chi connectivity index (χ2n) is 5.50. The van der Waals surface area contributed by atoms with E-state index in [4.69, 9.17) is 0 Å². The van der Waals surface area contributed by atoms with Gasteiger partial charge in [-0.15, -0.1) is 0 Å². The smallest absolute Gasteiger partial charge is 0.273 e. The Bertz CT molecular complexity index is 574. The molecule has 0 aliphatic rings. The number of hydrogen-bond donors (Lipinski definition) is 2. The van der Waals surface area contributed by atoms with Gasteiger partial charge in [-0.1, -0.05) is 18.2 Å². The van der Waals surface area contributed by atoms with Gasteiger partial charge < -0.3 is 4.90 Å². The number of quaternary nitrogens is 1. The van der Waals surface area contributed by atoms with Gasteiger partial charge in [0.2, 0.25) is 0 Å². The molecule has 2 rings (SSSR count). The molecule has 0 amide bonds. The quantitative estimate of drug-likeness (QED) is 0.823.